The molecule has 0 aromatic heterocycles. The van der Waals surface area contributed by atoms with E-state index in [1.165, 1.54) is 38.8 Å². The number of likely N-dealkylation sites (tertiary alicyclic amines) is 1. The van der Waals surface area contributed by atoms with E-state index in [0.29, 0.717) is 0 Å². The Morgan fingerprint density at radius 3 is 2.50 bits per heavy atom. The van der Waals surface area contributed by atoms with Crippen LogP contribution in [-0.2, 0) is 0 Å². The molecular formula is C11H22N+. The topological polar surface area (TPSA) is 4.44 Å². The highest BCUT2D eigenvalue weighted by molar-refractivity contribution is 4.74. The molecule has 1 heteroatoms. The Labute approximate surface area is 76.1 Å². The number of nitrogens with one attached hydrogen (secondary N) is 1. The second-order valence-corrected chi connectivity index (χ2v) is 5.03. The van der Waals surface area contributed by atoms with E-state index in [-0.39, 0.29) is 0 Å². The van der Waals surface area contributed by atoms with Gasteiger partial charge in [0.15, 0.2) is 0 Å². The predicted molar refractivity (Wildman–Crippen MR) is 51.3 cm³/mol. The molecule has 1 heterocycles. The van der Waals surface area contributed by atoms with Crippen molar-refractivity contribution in [3.63, 3.8) is 0 Å². The summed E-state index contributed by atoms with van der Waals surface area (Å²) < 4.78 is 0. The maximum absolute atomic E-state index is 2.39. The molecule has 2 unspecified atom stereocenters. The van der Waals surface area contributed by atoms with Gasteiger partial charge in [-0.2, -0.15) is 0 Å². The summed E-state index contributed by atoms with van der Waals surface area (Å²) in [5.41, 5.74) is 0. The lowest BCUT2D eigenvalue weighted by atomic mass is 9.88. The third-order valence-corrected chi connectivity index (χ3v) is 3.69. The maximum Gasteiger partial charge on any atom is 0.0879 e. The number of piperidine rings is 1. The first-order chi connectivity index (χ1) is 5.77. The van der Waals surface area contributed by atoms with Gasteiger partial charge < -0.3 is 4.90 Å². The van der Waals surface area contributed by atoms with E-state index < -0.39 is 0 Å². The van der Waals surface area contributed by atoms with Crippen LogP contribution in [0.25, 0.3) is 0 Å². The second-order valence-electron chi connectivity index (χ2n) is 5.03. The lowest BCUT2D eigenvalue weighted by Gasteiger charge is -2.32. The van der Waals surface area contributed by atoms with Crippen LogP contribution in [0.5, 0.6) is 0 Å². The summed E-state index contributed by atoms with van der Waals surface area (Å²) >= 11 is 0. The Hall–Kier alpha value is -0.0400. The van der Waals surface area contributed by atoms with Gasteiger partial charge in [-0.15, -0.1) is 0 Å². The lowest BCUT2D eigenvalue weighted by Crippen LogP contribution is -3.15. The molecule has 1 nitrogen and oxygen atoms in total. The zero-order valence-corrected chi connectivity index (χ0v) is 8.47. The van der Waals surface area contributed by atoms with Crippen LogP contribution in [0.3, 0.4) is 0 Å². The number of quaternary nitrogens is 1. The zero-order chi connectivity index (χ0) is 8.55. The quantitative estimate of drug-likeness (QED) is 0.630. The molecular weight excluding hydrogens is 146 g/mol. The molecule has 0 spiro atoms. The van der Waals surface area contributed by atoms with Gasteiger partial charge in [0.2, 0.25) is 0 Å². The number of rotatable bonds is 2. The molecule has 0 radical (unpaired) electrons. The molecule has 1 aliphatic heterocycles. The van der Waals surface area contributed by atoms with Crippen LogP contribution >= 0.6 is 0 Å². The van der Waals surface area contributed by atoms with E-state index in [1.807, 2.05) is 4.90 Å². The van der Waals surface area contributed by atoms with Crippen molar-refractivity contribution in [3.8, 4) is 0 Å². The molecule has 1 N–H and O–H groups in total. The minimum absolute atomic E-state index is 0.916. The molecule has 1 aliphatic carbocycles. The van der Waals surface area contributed by atoms with E-state index in [4.69, 9.17) is 0 Å². The van der Waals surface area contributed by atoms with Crippen LogP contribution in [0, 0.1) is 11.8 Å². The lowest BCUT2D eigenvalue weighted by molar-refractivity contribution is -0.920. The summed E-state index contributed by atoms with van der Waals surface area (Å²) in [5.74, 6) is 1.94. The van der Waals surface area contributed by atoms with Gasteiger partial charge in [0.1, 0.15) is 0 Å². The molecule has 0 aromatic rings. The summed E-state index contributed by atoms with van der Waals surface area (Å²) in [4.78, 5) is 1.93. The molecule has 1 saturated heterocycles. The van der Waals surface area contributed by atoms with Gasteiger partial charge in [-0.3, -0.25) is 0 Å². The van der Waals surface area contributed by atoms with Gasteiger partial charge >= 0.3 is 0 Å². The normalized spacial score (nSPS) is 37.2. The monoisotopic (exact) mass is 168 g/mol. The molecule has 2 atom stereocenters. The average molecular weight is 168 g/mol. The summed E-state index contributed by atoms with van der Waals surface area (Å²) in [6.45, 7) is 7.72. The standard InChI is InChI=1S/C11H21N/c1-9(2)10-4-3-7-12(8-10)11-5-6-11/h9-11H,3-8H2,1-2H3/p+1. The van der Waals surface area contributed by atoms with Crippen molar-refractivity contribution < 1.29 is 4.90 Å². The van der Waals surface area contributed by atoms with E-state index >= 15 is 0 Å². The van der Waals surface area contributed by atoms with Crippen LogP contribution in [0.1, 0.15) is 39.5 Å². The van der Waals surface area contributed by atoms with Crippen molar-refractivity contribution in [2.45, 2.75) is 45.6 Å². The first kappa shape index (κ1) is 8.55. The van der Waals surface area contributed by atoms with Crippen LogP contribution < -0.4 is 4.90 Å². The molecule has 0 bridgehead atoms. The molecule has 70 valence electrons. The SMILES string of the molecule is CC(C)C1CCC[NH+](C2CC2)C1. The highest BCUT2D eigenvalue weighted by Gasteiger charge is 2.37. The van der Waals surface area contributed by atoms with Gasteiger partial charge in [0.25, 0.3) is 0 Å². The molecule has 2 rings (SSSR count). The molecule has 1 saturated carbocycles. The van der Waals surface area contributed by atoms with Gasteiger partial charge in [-0.05, 0) is 18.8 Å². The van der Waals surface area contributed by atoms with Crippen molar-refractivity contribution in [1.82, 2.24) is 0 Å². The van der Waals surface area contributed by atoms with Crippen molar-refractivity contribution >= 4 is 0 Å². The Balaban J connectivity index is 1.85. The molecule has 0 amide bonds. The fraction of sp³-hybridized carbons (Fsp3) is 1.00. The Bertz CT molecular complexity index is 141. The predicted octanol–water partition coefficient (Wildman–Crippen LogP) is 1.10. The van der Waals surface area contributed by atoms with Crippen molar-refractivity contribution in [3.05, 3.63) is 0 Å². The van der Waals surface area contributed by atoms with Gasteiger partial charge in [0, 0.05) is 18.8 Å². The second kappa shape index (κ2) is 3.37. The van der Waals surface area contributed by atoms with E-state index in [2.05, 4.69) is 13.8 Å². The molecule has 12 heavy (non-hydrogen) atoms. The fourth-order valence-corrected chi connectivity index (χ4v) is 2.56. The summed E-state index contributed by atoms with van der Waals surface area (Å²) in [7, 11) is 0. The fourth-order valence-electron chi connectivity index (χ4n) is 2.56. The largest absolute Gasteiger partial charge is 0.332 e. The van der Waals surface area contributed by atoms with Gasteiger partial charge in [-0.25, -0.2) is 0 Å². The highest BCUT2D eigenvalue weighted by atomic mass is 15.2. The highest BCUT2D eigenvalue weighted by Crippen LogP contribution is 2.21. The van der Waals surface area contributed by atoms with Crippen LogP contribution in [0.15, 0.2) is 0 Å². The minimum atomic E-state index is 0.916. The summed E-state index contributed by atoms with van der Waals surface area (Å²) in [5, 5.41) is 0. The Morgan fingerprint density at radius 2 is 1.92 bits per heavy atom. The van der Waals surface area contributed by atoms with Gasteiger partial charge in [0.05, 0.1) is 19.1 Å². The van der Waals surface area contributed by atoms with Crippen molar-refractivity contribution in [1.29, 1.82) is 0 Å². The van der Waals surface area contributed by atoms with Crippen LogP contribution in [0.4, 0.5) is 0 Å². The number of hydrogen-bond donors (Lipinski definition) is 1. The number of hydrogen-bond acceptors (Lipinski definition) is 0. The van der Waals surface area contributed by atoms with Crippen LogP contribution in [-0.4, -0.2) is 19.1 Å². The van der Waals surface area contributed by atoms with Crippen molar-refractivity contribution in [2.75, 3.05) is 13.1 Å². The van der Waals surface area contributed by atoms with Gasteiger partial charge in [-0.1, -0.05) is 13.8 Å². The Morgan fingerprint density at radius 1 is 1.17 bits per heavy atom. The summed E-state index contributed by atoms with van der Waals surface area (Å²) in [6, 6.07) is 1.08. The Kier molecular flexibility index (Phi) is 2.40. The first-order valence-corrected chi connectivity index (χ1v) is 5.62. The maximum atomic E-state index is 2.39. The molecule has 2 aliphatic rings. The molecule has 2 fully saturated rings. The van der Waals surface area contributed by atoms with E-state index in [0.717, 1.165) is 17.9 Å². The van der Waals surface area contributed by atoms with E-state index in [9.17, 15) is 0 Å². The summed E-state index contributed by atoms with van der Waals surface area (Å²) in [6.07, 6.45) is 6.00. The smallest absolute Gasteiger partial charge is 0.0879 e. The van der Waals surface area contributed by atoms with Crippen molar-refractivity contribution in [2.24, 2.45) is 11.8 Å². The molecule has 0 aromatic carbocycles. The minimum Gasteiger partial charge on any atom is -0.332 e. The third kappa shape index (κ3) is 1.82. The van der Waals surface area contributed by atoms with Crippen LogP contribution in [0.2, 0.25) is 0 Å². The first-order valence-electron chi connectivity index (χ1n) is 5.62. The van der Waals surface area contributed by atoms with E-state index in [1.54, 1.807) is 0 Å². The third-order valence-electron chi connectivity index (χ3n) is 3.69. The zero-order valence-electron chi connectivity index (χ0n) is 8.47. The average Bonchev–Trinajstić information content (AvgIpc) is 2.87.